The Labute approximate surface area is 182 Å². The van der Waals surface area contributed by atoms with Crippen LogP contribution < -0.4 is 9.46 Å². The van der Waals surface area contributed by atoms with Crippen molar-refractivity contribution in [2.45, 2.75) is 24.1 Å². The summed E-state index contributed by atoms with van der Waals surface area (Å²) < 4.78 is 47.3. The Morgan fingerprint density at radius 1 is 1.42 bits per heavy atom. The number of carbonyl (C=O) groups excluding carboxylic acids is 1. The maximum atomic E-state index is 14.0. The van der Waals surface area contributed by atoms with Crippen LogP contribution in [0.25, 0.3) is 0 Å². The summed E-state index contributed by atoms with van der Waals surface area (Å²) in [5, 5.41) is 19.2. The lowest BCUT2D eigenvalue weighted by Crippen LogP contribution is -2.49. The summed E-state index contributed by atoms with van der Waals surface area (Å²) in [4.78, 5) is 16.7. The van der Waals surface area contributed by atoms with Crippen molar-refractivity contribution in [3.63, 3.8) is 0 Å². The number of aryl methyl sites for hydroxylation is 1. The van der Waals surface area contributed by atoms with Crippen LogP contribution in [0.2, 0.25) is 5.02 Å². The standard InChI is InChI=1S/C19H18ClFN4O5S/c1-9-12(19(27)25-6-10(5-22)7-25)4-16(23-9)31(28,29)24-15-8-30-18-13(17(15)26)2-11(20)3-14(18)21/h2-4,10,15,17,23-24,26H,6-8H2,1H3. The first-order valence-corrected chi connectivity index (χ1v) is 11.2. The van der Waals surface area contributed by atoms with Crippen LogP contribution in [0, 0.1) is 30.0 Å². The van der Waals surface area contributed by atoms with Crippen molar-refractivity contribution in [1.82, 2.24) is 14.6 Å². The maximum absolute atomic E-state index is 14.0. The molecule has 0 bridgehead atoms. The lowest BCUT2D eigenvalue weighted by atomic mass is 10.00. The van der Waals surface area contributed by atoms with Crippen LogP contribution in [0.1, 0.15) is 27.7 Å². The molecule has 2 aromatic rings. The molecule has 1 aromatic carbocycles. The maximum Gasteiger partial charge on any atom is 0.256 e. The zero-order valence-corrected chi connectivity index (χ0v) is 17.8. The molecule has 2 aliphatic heterocycles. The summed E-state index contributed by atoms with van der Waals surface area (Å²) in [5.74, 6) is -1.53. The number of likely N-dealkylation sites (tertiary alicyclic amines) is 1. The van der Waals surface area contributed by atoms with Crippen LogP contribution in [-0.4, -0.2) is 55.1 Å². The molecule has 2 atom stereocenters. The van der Waals surface area contributed by atoms with Crippen molar-refractivity contribution in [3.05, 3.63) is 45.9 Å². The SMILES string of the molecule is Cc1[nH]c(S(=O)(=O)NC2COc3c(F)cc(Cl)cc3C2O)cc1C(=O)N1CC(C#N)C1. The molecule has 31 heavy (non-hydrogen) atoms. The lowest BCUT2D eigenvalue weighted by molar-refractivity contribution is 0.0576. The van der Waals surface area contributed by atoms with Crippen LogP contribution in [0.5, 0.6) is 5.75 Å². The Kier molecular flexibility index (Phi) is 5.43. The van der Waals surface area contributed by atoms with E-state index in [0.717, 1.165) is 6.07 Å². The number of nitrogens with one attached hydrogen (secondary N) is 2. The average molecular weight is 469 g/mol. The Bertz CT molecular complexity index is 1200. The highest BCUT2D eigenvalue weighted by molar-refractivity contribution is 7.89. The highest BCUT2D eigenvalue weighted by Crippen LogP contribution is 2.37. The van der Waals surface area contributed by atoms with Gasteiger partial charge in [-0.3, -0.25) is 4.79 Å². The van der Waals surface area contributed by atoms with E-state index in [0.29, 0.717) is 18.8 Å². The second-order valence-corrected chi connectivity index (χ2v) is 9.62. The summed E-state index contributed by atoms with van der Waals surface area (Å²) in [6.45, 7) is 1.85. The second-order valence-electron chi connectivity index (χ2n) is 7.50. The number of fused-ring (bicyclic) bond motifs is 1. The summed E-state index contributed by atoms with van der Waals surface area (Å²) >= 11 is 5.83. The number of aliphatic hydroxyl groups is 1. The van der Waals surface area contributed by atoms with Gasteiger partial charge in [0.1, 0.15) is 17.7 Å². The molecule has 1 aromatic heterocycles. The van der Waals surface area contributed by atoms with Gasteiger partial charge in [-0.2, -0.15) is 5.26 Å². The minimum atomic E-state index is -4.18. The highest BCUT2D eigenvalue weighted by Gasteiger charge is 2.37. The number of ether oxygens (including phenoxy) is 1. The number of sulfonamides is 1. The van der Waals surface area contributed by atoms with E-state index in [1.54, 1.807) is 6.92 Å². The monoisotopic (exact) mass is 468 g/mol. The largest absolute Gasteiger partial charge is 0.488 e. The molecular formula is C19H18ClFN4O5S. The number of carbonyl (C=O) groups is 1. The summed E-state index contributed by atoms with van der Waals surface area (Å²) in [6, 6.07) is 4.52. The first-order valence-electron chi connectivity index (χ1n) is 9.31. The van der Waals surface area contributed by atoms with Crippen molar-refractivity contribution in [3.8, 4) is 11.8 Å². The molecule has 2 unspecified atom stereocenters. The van der Waals surface area contributed by atoms with Gasteiger partial charge >= 0.3 is 0 Å². The van der Waals surface area contributed by atoms with E-state index in [1.165, 1.54) is 17.0 Å². The second kappa shape index (κ2) is 7.80. The number of nitrogens with zero attached hydrogens (tertiary/aromatic N) is 2. The van der Waals surface area contributed by atoms with Gasteiger partial charge in [-0.15, -0.1) is 0 Å². The van der Waals surface area contributed by atoms with Gasteiger partial charge in [0, 0.05) is 29.4 Å². The van der Waals surface area contributed by atoms with Gasteiger partial charge < -0.3 is 19.7 Å². The highest BCUT2D eigenvalue weighted by atomic mass is 35.5. The molecule has 1 amide bonds. The van der Waals surface area contributed by atoms with E-state index in [9.17, 15) is 22.7 Å². The van der Waals surface area contributed by atoms with Gasteiger partial charge in [0.2, 0.25) is 0 Å². The quantitative estimate of drug-likeness (QED) is 0.622. The van der Waals surface area contributed by atoms with Crippen molar-refractivity contribution in [2.24, 2.45) is 5.92 Å². The van der Waals surface area contributed by atoms with Crippen molar-refractivity contribution in [2.75, 3.05) is 19.7 Å². The van der Waals surface area contributed by atoms with Crippen molar-refractivity contribution < 1.29 is 27.4 Å². The van der Waals surface area contributed by atoms with Gasteiger partial charge in [0.15, 0.2) is 11.6 Å². The predicted octanol–water partition coefficient (Wildman–Crippen LogP) is 1.48. The number of hydrogen-bond donors (Lipinski definition) is 3. The van der Waals surface area contributed by atoms with Gasteiger partial charge in [-0.05, 0) is 25.1 Å². The van der Waals surface area contributed by atoms with Crippen LogP contribution in [-0.2, 0) is 10.0 Å². The molecule has 3 heterocycles. The lowest BCUT2D eigenvalue weighted by Gasteiger charge is -2.35. The van der Waals surface area contributed by atoms with Crippen molar-refractivity contribution in [1.29, 1.82) is 5.26 Å². The molecule has 1 saturated heterocycles. The molecule has 0 radical (unpaired) electrons. The molecule has 12 heteroatoms. The normalized spacial score (nSPS) is 21.1. The molecule has 0 spiro atoms. The first kappa shape index (κ1) is 21.6. The van der Waals surface area contributed by atoms with E-state index in [4.69, 9.17) is 21.6 Å². The molecular weight excluding hydrogens is 451 g/mol. The molecule has 164 valence electrons. The number of H-pyrrole nitrogens is 1. The molecule has 0 aliphatic carbocycles. The van der Waals surface area contributed by atoms with Crippen LogP contribution >= 0.6 is 11.6 Å². The minimum Gasteiger partial charge on any atom is -0.488 e. The number of aliphatic hydroxyl groups excluding tert-OH is 1. The number of nitriles is 1. The van der Waals surface area contributed by atoms with E-state index < -0.39 is 28.0 Å². The summed E-state index contributed by atoms with van der Waals surface area (Å²) in [5.41, 5.74) is 0.564. The topological polar surface area (TPSA) is 136 Å². The number of amides is 1. The smallest absolute Gasteiger partial charge is 0.256 e. The predicted molar refractivity (Wildman–Crippen MR) is 107 cm³/mol. The van der Waals surface area contributed by atoms with Crippen molar-refractivity contribution >= 4 is 27.5 Å². The van der Waals surface area contributed by atoms with E-state index in [2.05, 4.69) is 15.8 Å². The number of aromatic amines is 1. The number of halogens is 2. The first-order chi connectivity index (χ1) is 14.6. The molecule has 2 aliphatic rings. The Morgan fingerprint density at radius 2 is 2.13 bits per heavy atom. The Morgan fingerprint density at radius 3 is 2.81 bits per heavy atom. The fourth-order valence-electron chi connectivity index (χ4n) is 3.59. The average Bonchev–Trinajstić information content (AvgIpc) is 3.06. The number of rotatable bonds is 4. The third kappa shape index (κ3) is 3.87. The fraction of sp³-hybridized carbons (Fsp3) is 0.368. The zero-order chi connectivity index (χ0) is 22.5. The summed E-state index contributed by atoms with van der Waals surface area (Å²) in [7, 11) is -4.18. The minimum absolute atomic E-state index is 0.0345. The number of hydrogen-bond acceptors (Lipinski definition) is 6. The van der Waals surface area contributed by atoms with E-state index in [-0.39, 0.29) is 45.4 Å². The number of benzene rings is 1. The number of aromatic nitrogens is 1. The van der Waals surface area contributed by atoms with Gasteiger partial charge in [0.25, 0.3) is 15.9 Å². The molecule has 3 N–H and O–H groups in total. The summed E-state index contributed by atoms with van der Waals surface area (Å²) in [6.07, 6.45) is -1.40. The molecule has 9 nitrogen and oxygen atoms in total. The zero-order valence-electron chi connectivity index (χ0n) is 16.2. The third-order valence-corrected chi connectivity index (χ3v) is 6.94. The Balaban J connectivity index is 1.53. The fourth-order valence-corrected chi connectivity index (χ4v) is 5.08. The van der Waals surface area contributed by atoms with E-state index >= 15 is 0 Å². The third-order valence-electron chi connectivity index (χ3n) is 5.31. The van der Waals surface area contributed by atoms with Crippen LogP contribution in [0.15, 0.2) is 23.2 Å². The van der Waals surface area contributed by atoms with Crippen LogP contribution in [0.4, 0.5) is 4.39 Å². The van der Waals surface area contributed by atoms with Gasteiger partial charge in [-0.25, -0.2) is 17.5 Å². The van der Waals surface area contributed by atoms with E-state index in [1.807, 2.05) is 0 Å². The molecule has 1 fully saturated rings. The van der Waals surface area contributed by atoms with Gasteiger partial charge in [0.05, 0.1) is 23.6 Å². The van der Waals surface area contributed by atoms with Gasteiger partial charge in [-0.1, -0.05) is 11.6 Å². The molecule has 4 rings (SSSR count). The van der Waals surface area contributed by atoms with Crippen LogP contribution in [0.3, 0.4) is 0 Å². The Hall–Kier alpha value is -2.65. The molecule has 0 saturated carbocycles.